The molecule has 0 atom stereocenters. The fourth-order valence-corrected chi connectivity index (χ4v) is 4.71. The molecule has 4 aromatic rings. The van der Waals surface area contributed by atoms with E-state index in [-0.39, 0.29) is 81.7 Å². The molecule has 0 spiro atoms. The minimum Gasteiger partial charge on any atom is -0.265 e. The van der Waals surface area contributed by atoms with Crippen LogP contribution in [0.1, 0.15) is 25.7 Å². The molecule has 0 aliphatic carbocycles. The zero-order valence-corrected chi connectivity index (χ0v) is 50.4. The van der Waals surface area contributed by atoms with Gasteiger partial charge in [-0.3, -0.25) is 19.9 Å². The molecule has 76 heavy (non-hydrogen) atoms. The average Bonchev–Trinajstić information content (AvgIpc) is 3.55. The minimum atomic E-state index is 0. The Hall–Kier alpha value is -5.99. The third-order valence-electron chi connectivity index (χ3n) is 7.15. The van der Waals surface area contributed by atoms with Crippen LogP contribution in [0, 0.1) is 79.8 Å². The van der Waals surface area contributed by atoms with Crippen LogP contribution in [0.2, 0.25) is 0 Å². The van der Waals surface area contributed by atoms with Crippen molar-refractivity contribution in [2.45, 2.75) is 25.7 Å². The summed E-state index contributed by atoms with van der Waals surface area (Å²) in [5, 5.41) is 17.1. The van der Waals surface area contributed by atoms with Gasteiger partial charge in [-0.1, -0.05) is 101 Å². The Morgan fingerprint density at radius 3 is 0.487 bits per heavy atom. The van der Waals surface area contributed by atoms with E-state index in [1.165, 1.54) is 22.3 Å². The van der Waals surface area contributed by atoms with Crippen LogP contribution in [-0.4, -0.2) is 95.6 Å². The van der Waals surface area contributed by atoms with Gasteiger partial charge in [0.2, 0.25) is 0 Å². The monoisotopic (exact) mass is 1720 g/mol. The van der Waals surface area contributed by atoms with Crippen molar-refractivity contribution in [3.05, 3.63) is 199 Å². The molecule has 396 valence electrons. The molecule has 0 fully saturated rings. The van der Waals surface area contributed by atoms with Crippen LogP contribution in [0.4, 0.5) is 0 Å². The molecule has 4 aromatic heterocycles. The molecule has 0 aromatic carbocycles. The van der Waals surface area contributed by atoms with Gasteiger partial charge in [0, 0.05) is 131 Å². The van der Waals surface area contributed by atoms with Crippen molar-refractivity contribution in [3.63, 3.8) is 0 Å². The van der Waals surface area contributed by atoms with Crippen LogP contribution in [0.5, 0.6) is 0 Å². The summed E-state index contributed by atoms with van der Waals surface area (Å²) in [5.74, 6) is 3.11. The minimum absolute atomic E-state index is 0. The topological polar surface area (TPSA) is 396 Å². The van der Waals surface area contributed by atoms with E-state index < -0.39 is 0 Å². The maximum absolute atomic E-state index is 7.50. The van der Waals surface area contributed by atoms with Crippen molar-refractivity contribution in [1.82, 2.24) is 19.9 Å². The van der Waals surface area contributed by atoms with Gasteiger partial charge in [0.05, 0.1) is 0 Å². The normalized spacial score (nSPS) is 10.7. The van der Waals surface area contributed by atoms with Crippen LogP contribution in [-0.2, 0) is 138 Å². The molecule has 24 nitrogen and oxygen atoms in total. The Labute approximate surface area is 496 Å². The molecular weight excluding hydrogens is 1680 g/mol. The number of rotatable bonds is 4. The third kappa shape index (κ3) is 55.8. The van der Waals surface area contributed by atoms with Gasteiger partial charge in [-0.2, -0.15) is 0 Å². The number of aromatic nitrogens is 4. The summed E-state index contributed by atoms with van der Waals surface area (Å²) in [6, 6.07) is 15.9. The quantitative estimate of drug-likeness (QED) is 0.163. The summed E-state index contributed by atoms with van der Waals surface area (Å²) >= 11 is 0. The van der Waals surface area contributed by atoms with E-state index in [0.717, 1.165) is 101 Å². The summed E-state index contributed by atoms with van der Waals surface area (Å²) in [6.45, 7) is 61.1. The van der Waals surface area contributed by atoms with E-state index in [0.29, 0.717) is 0 Å². The third-order valence-corrected chi connectivity index (χ3v) is 7.15. The second-order valence-corrected chi connectivity index (χ2v) is 10.7. The Balaban J connectivity index is -0.0000000624. The smallest absolute Gasteiger partial charge is 0.0273 e. The Kier molecular flexibility index (Phi) is 124. The zero-order chi connectivity index (χ0) is 56.9. The van der Waals surface area contributed by atoms with Gasteiger partial charge in [-0.25, -0.2) is 0 Å². The fraction of sp³-hybridized carbons (Fsp3) is 0.250. The molecule has 0 unspecified atom stereocenters. The van der Waals surface area contributed by atoms with Crippen molar-refractivity contribution >= 4 is 23.3 Å². The van der Waals surface area contributed by atoms with Crippen molar-refractivity contribution in [1.29, 1.82) is 0 Å². The average molecular weight is 1720 g/mol. The van der Waals surface area contributed by atoms with Gasteiger partial charge < -0.3 is 41.2 Å². The molecule has 0 saturated heterocycles. The van der Waals surface area contributed by atoms with Gasteiger partial charge in [-0.15, -0.1) is 0 Å². The Morgan fingerprint density at radius 2 is 0.382 bits per heavy atom. The van der Waals surface area contributed by atoms with Gasteiger partial charge >= 0.3 is 136 Å². The summed E-state index contributed by atoms with van der Waals surface area (Å²) in [4.78, 5) is 32.9. The van der Waals surface area contributed by atoms with Gasteiger partial charge in [0.15, 0.2) is 0 Å². The molecule has 0 N–H and O–H groups in total. The van der Waals surface area contributed by atoms with Gasteiger partial charge in [0.1, 0.15) is 0 Å². The van der Waals surface area contributed by atoms with E-state index in [1.807, 2.05) is 48.5 Å². The van der Waals surface area contributed by atoms with E-state index in [1.54, 1.807) is 49.6 Å². The summed E-state index contributed by atoms with van der Waals surface area (Å²) in [7, 11) is 0. The molecule has 0 bridgehead atoms. The van der Waals surface area contributed by atoms with Crippen molar-refractivity contribution in [2.75, 3.05) is 52.4 Å². The molecule has 8 heterocycles. The summed E-state index contributed by atoms with van der Waals surface area (Å²) in [6.07, 6.45) is 18.6. The first-order valence-electron chi connectivity index (χ1n) is 18.8. The molecule has 0 amide bonds. The second kappa shape index (κ2) is 94.9. The zero-order valence-electron chi connectivity index (χ0n) is 39.5. The SMILES string of the molecule is C1CN=C(C2=NCCC[N-]2)[N-]C1.C1CN=C(C2=NCCC[N-]2)[N-]C1.[C-]#[O+].[C-]#[O+].[C-]#[O+].[C-]#[O+].[C-]#[O+].[C-]#[O+].[C-]#[O+].[C-]#[O+].[C-]#[O+].[C-]#[O+].[C-]#[O+].[C-]#[O+].[Re].[Re].[Re].[Re].c1cc(-c2ccncc2)ccn1.c1cc(-c2ccncc2)ccn1. The number of hydrogen-bond donors (Lipinski definition) is 0. The fourth-order valence-electron chi connectivity index (χ4n) is 4.71. The van der Waals surface area contributed by atoms with Crippen molar-refractivity contribution < 1.29 is 138 Å². The number of pyridine rings is 4. The van der Waals surface area contributed by atoms with Crippen LogP contribution < -0.4 is 0 Å². The first kappa shape index (κ1) is 99.1. The summed E-state index contributed by atoms with van der Waals surface area (Å²) in [5.41, 5.74) is 4.69. The maximum atomic E-state index is 7.50. The first-order chi connectivity index (χ1) is 35.9. The van der Waals surface area contributed by atoms with Crippen LogP contribution >= 0.6 is 0 Å². The molecule has 0 saturated carbocycles. The van der Waals surface area contributed by atoms with Crippen molar-refractivity contribution in [2.24, 2.45) is 20.0 Å². The Morgan fingerprint density at radius 1 is 0.250 bits per heavy atom. The number of amidine groups is 4. The number of hydrogen-bond acceptors (Lipinski definition) is 8. The predicted octanol–water partition coefficient (Wildman–Crippen LogP) is 6.50. The maximum Gasteiger partial charge on any atom is 0.0273 e. The molecular formula is C48H40N12O12Re4-4. The first-order valence-corrected chi connectivity index (χ1v) is 18.8. The largest absolute Gasteiger partial charge is 0.265 e. The van der Waals surface area contributed by atoms with Crippen LogP contribution in [0.3, 0.4) is 0 Å². The van der Waals surface area contributed by atoms with Crippen molar-refractivity contribution in [3.8, 4) is 22.3 Å². The predicted molar refractivity (Wildman–Crippen MR) is 243 cm³/mol. The van der Waals surface area contributed by atoms with Crippen LogP contribution in [0.25, 0.3) is 43.5 Å². The van der Waals surface area contributed by atoms with Crippen LogP contribution in [0.15, 0.2) is 118 Å². The van der Waals surface area contributed by atoms with Gasteiger partial charge in [0.25, 0.3) is 0 Å². The number of nitrogens with zero attached hydrogens (tertiary/aromatic N) is 12. The molecule has 28 heteroatoms. The summed E-state index contributed by atoms with van der Waals surface area (Å²) < 4.78 is 90.0. The van der Waals surface area contributed by atoms with Gasteiger partial charge in [-0.05, 0) is 70.8 Å². The Bertz CT molecular complexity index is 1870. The molecule has 4 aliphatic rings. The van der Waals surface area contributed by atoms with E-state index in [9.17, 15) is 0 Å². The van der Waals surface area contributed by atoms with E-state index in [2.05, 4.69) is 141 Å². The van der Waals surface area contributed by atoms with E-state index in [4.69, 9.17) is 55.8 Å². The standard InChI is InChI=1S/2C10H8N2.2C8H12N4.12CO.4Re/c2*1-5-11-6-2-9(1)10-3-7-12-8-4-10;2*1-3-9-7(10-4-1)8-11-5-2-6-12-8;12*1-2;;;;/h2*1-8H;2*1-6H2;;;;;;;;;;;;;;;;/q;;2*-2;;;;;;;;;;;;;;;;. The molecule has 8 rings (SSSR count). The van der Waals surface area contributed by atoms with E-state index >= 15 is 0 Å². The second-order valence-electron chi connectivity index (χ2n) is 10.7. The molecule has 4 radical (unpaired) electrons. The molecule has 4 aliphatic heterocycles. The number of aliphatic imine (C=N–C) groups is 4.